The van der Waals surface area contributed by atoms with Crippen LogP contribution in [0.15, 0.2) is 51.4 Å². The molecule has 5 nitrogen and oxygen atoms in total. The van der Waals surface area contributed by atoms with E-state index >= 15 is 0 Å². The zero-order valence-electron chi connectivity index (χ0n) is 14.1. The zero-order chi connectivity index (χ0) is 18.1. The Labute approximate surface area is 168 Å². The van der Waals surface area contributed by atoms with Gasteiger partial charge in [0.2, 0.25) is 5.91 Å². The summed E-state index contributed by atoms with van der Waals surface area (Å²) in [4.78, 5) is 13.6. The van der Waals surface area contributed by atoms with Crippen molar-refractivity contribution in [2.24, 2.45) is 0 Å². The molecule has 4 rings (SSSR count). The molecular formula is C18H17BrN4OS2. The first-order chi connectivity index (χ1) is 12.6. The summed E-state index contributed by atoms with van der Waals surface area (Å²) in [6.45, 7) is 1.90. The van der Waals surface area contributed by atoms with E-state index < -0.39 is 0 Å². The lowest BCUT2D eigenvalue weighted by molar-refractivity contribution is -0.115. The van der Waals surface area contributed by atoms with Gasteiger partial charge in [-0.15, -0.1) is 21.5 Å². The second-order valence-electron chi connectivity index (χ2n) is 6.14. The van der Waals surface area contributed by atoms with Crippen molar-refractivity contribution >= 4 is 50.6 Å². The number of amides is 1. The Morgan fingerprint density at radius 2 is 2.08 bits per heavy atom. The second kappa shape index (κ2) is 7.54. The summed E-state index contributed by atoms with van der Waals surface area (Å²) < 4.78 is 3.18. The SMILES string of the molecule is CC(Sc1nnc(-c2cccs2)n1C1CC1)C(=O)Nc1ccc(Br)cc1. The average Bonchev–Trinajstić information content (AvgIpc) is 3.16. The highest BCUT2D eigenvalue weighted by atomic mass is 79.9. The fourth-order valence-electron chi connectivity index (χ4n) is 2.58. The number of nitrogens with zero attached hydrogens (tertiary/aromatic N) is 3. The monoisotopic (exact) mass is 448 g/mol. The van der Waals surface area contributed by atoms with Crippen molar-refractivity contribution in [1.29, 1.82) is 0 Å². The van der Waals surface area contributed by atoms with Crippen molar-refractivity contribution in [3.05, 3.63) is 46.3 Å². The van der Waals surface area contributed by atoms with Crippen LogP contribution in [0.5, 0.6) is 0 Å². The summed E-state index contributed by atoms with van der Waals surface area (Å²) in [5.74, 6) is 0.867. The molecule has 1 unspecified atom stereocenters. The molecule has 1 fully saturated rings. The minimum absolute atomic E-state index is 0.0413. The molecule has 1 amide bonds. The third kappa shape index (κ3) is 3.87. The summed E-state index contributed by atoms with van der Waals surface area (Å²) in [7, 11) is 0. The Kier molecular flexibility index (Phi) is 5.15. The zero-order valence-corrected chi connectivity index (χ0v) is 17.3. The normalized spacial score (nSPS) is 15.0. The van der Waals surface area contributed by atoms with Crippen molar-refractivity contribution in [2.75, 3.05) is 5.32 Å². The third-order valence-corrected chi connectivity index (χ3v) is 6.53. The maximum atomic E-state index is 12.5. The van der Waals surface area contributed by atoms with Crippen LogP contribution in [-0.2, 0) is 4.79 Å². The summed E-state index contributed by atoms with van der Waals surface area (Å²) in [6, 6.07) is 12.1. The lowest BCUT2D eigenvalue weighted by Crippen LogP contribution is -2.22. The highest BCUT2D eigenvalue weighted by molar-refractivity contribution is 9.10. The number of benzene rings is 1. The smallest absolute Gasteiger partial charge is 0.237 e. The number of hydrogen-bond acceptors (Lipinski definition) is 5. The maximum absolute atomic E-state index is 12.5. The largest absolute Gasteiger partial charge is 0.325 e. The van der Waals surface area contributed by atoms with Crippen LogP contribution in [0.25, 0.3) is 10.7 Å². The van der Waals surface area contributed by atoms with E-state index in [0.29, 0.717) is 6.04 Å². The van der Waals surface area contributed by atoms with Crippen molar-refractivity contribution in [3.63, 3.8) is 0 Å². The number of aromatic nitrogens is 3. The Bertz CT molecular complexity index is 904. The first kappa shape index (κ1) is 17.8. The van der Waals surface area contributed by atoms with Gasteiger partial charge < -0.3 is 5.32 Å². The Morgan fingerprint density at radius 1 is 1.31 bits per heavy atom. The molecule has 0 saturated heterocycles. The second-order valence-corrected chi connectivity index (χ2v) is 9.31. The summed E-state index contributed by atoms with van der Waals surface area (Å²) >= 11 is 6.52. The molecule has 1 saturated carbocycles. The van der Waals surface area contributed by atoms with E-state index in [1.54, 1.807) is 11.3 Å². The van der Waals surface area contributed by atoms with Crippen LogP contribution in [0.2, 0.25) is 0 Å². The number of carbonyl (C=O) groups excluding carboxylic acids is 1. The van der Waals surface area contributed by atoms with Crippen LogP contribution in [-0.4, -0.2) is 25.9 Å². The molecule has 2 aromatic heterocycles. The molecule has 1 aliphatic carbocycles. The number of carbonyl (C=O) groups is 1. The predicted molar refractivity (Wildman–Crippen MR) is 110 cm³/mol. The first-order valence-corrected chi connectivity index (χ1v) is 10.9. The van der Waals surface area contributed by atoms with Crippen molar-refractivity contribution in [2.45, 2.75) is 36.2 Å². The van der Waals surface area contributed by atoms with Crippen LogP contribution < -0.4 is 5.32 Å². The molecule has 1 atom stereocenters. The number of rotatable bonds is 6. The number of nitrogens with one attached hydrogen (secondary N) is 1. The molecular weight excluding hydrogens is 432 g/mol. The molecule has 3 aromatic rings. The Balaban J connectivity index is 1.50. The molecule has 1 aliphatic rings. The predicted octanol–water partition coefficient (Wildman–Crippen LogP) is 5.22. The Morgan fingerprint density at radius 3 is 2.73 bits per heavy atom. The molecule has 0 bridgehead atoms. The van der Waals surface area contributed by atoms with Gasteiger partial charge in [-0.05, 0) is 55.5 Å². The highest BCUT2D eigenvalue weighted by Crippen LogP contribution is 2.42. The van der Waals surface area contributed by atoms with Crippen LogP contribution in [0.4, 0.5) is 5.69 Å². The summed E-state index contributed by atoms with van der Waals surface area (Å²) in [5, 5.41) is 14.3. The van der Waals surface area contributed by atoms with Crippen molar-refractivity contribution in [1.82, 2.24) is 14.8 Å². The van der Waals surface area contributed by atoms with E-state index in [-0.39, 0.29) is 11.2 Å². The molecule has 8 heteroatoms. The molecule has 1 N–H and O–H groups in total. The minimum atomic E-state index is -0.267. The van der Waals surface area contributed by atoms with Crippen molar-refractivity contribution in [3.8, 4) is 10.7 Å². The molecule has 1 aromatic carbocycles. The third-order valence-electron chi connectivity index (χ3n) is 4.08. The van der Waals surface area contributed by atoms with Gasteiger partial charge in [0.25, 0.3) is 0 Å². The molecule has 0 radical (unpaired) electrons. The molecule has 26 heavy (non-hydrogen) atoms. The van der Waals surface area contributed by atoms with Gasteiger partial charge in [-0.1, -0.05) is 33.8 Å². The fraction of sp³-hybridized carbons (Fsp3) is 0.278. The van der Waals surface area contributed by atoms with E-state index in [9.17, 15) is 4.79 Å². The molecule has 2 heterocycles. The van der Waals surface area contributed by atoms with E-state index in [0.717, 1.165) is 38.9 Å². The van der Waals surface area contributed by atoms with E-state index in [1.165, 1.54) is 11.8 Å². The fourth-order valence-corrected chi connectivity index (χ4v) is 4.47. The van der Waals surface area contributed by atoms with Crippen LogP contribution in [0.1, 0.15) is 25.8 Å². The molecule has 0 aliphatic heterocycles. The molecule has 0 spiro atoms. The van der Waals surface area contributed by atoms with Crippen molar-refractivity contribution < 1.29 is 4.79 Å². The van der Waals surface area contributed by atoms with E-state index in [1.807, 2.05) is 42.6 Å². The summed E-state index contributed by atoms with van der Waals surface area (Å²) in [6.07, 6.45) is 2.28. The topological polar surface area (TPSA) is 59.8 Å². The Hall–Kier alpha value is -1.64. The average molecular weight is 449 g/mol. The van der Waals surface area contributed by atoms with Gasteiger partial charge in [0.15, 0.2) is 11.0 Å². The number of halogens is 1. The van der Waals surface area contributed by atoms with Gasteiger partial charge in [-0.25, -0.2) is 0 Å². The van der Waals surface area contributed by atoms with Gasteiger partial charge >= 0.3 is 0 Å². The number of thioether (sulfide) groups is 1. The summed E-state index contributed by atoms with van der Waals surface area (Å²) in [5.41, 5.74) is 0.786. The van der Waals surface area contributed by atoms with Gasteiger partial charge in [-0.3, -0.25) is 9.36 Å². The number of hydrogen-bond donors (Lipinski definition) is 1. The maximum Gasteiger partial charge on any atom is 0.237 e. The van der Waals surface area contributed by atoms with Crippen LogP contribution in [0.3, 0.4) is 0 Å². The van der Waals surface area contributed by atoms with E-state index in [2.05, 4.69) is 42.1 Å². The lowest BCUT2D eigenvalue weighted by atomic mass is 10.3. The van der Waals surface area contributed by atoms with Gasteiger partial charge in [0.1, 0.15) is 0 Å². The number of anilines is 1. The van der Waals surface area contributed by atoms with E-state index in [4.69, 9.17) is 0 Å². The van der Waals surface area contributed by atoms with Gasteiger partial charge in [0, 0.05) is 16.2 Å². The van der Waals surface area contributed by atoms with Crippen LogP contribution >= 0.6 is 39.0 Å². The van der Waals surface area contributed by atoms with Gasteiger partial charge in [-0.2, -0.15) is 0 Å². The van der Waals surface area contributed by atoms with Gasteiger partial charge in [0.05, 0.1) is 10.1 Å². The molecule has 134 valence electrons. The minimum Gasteiger partial charge on any atom is -0.325 e. The quantitative estimate of drug-likeness (QED) is 0.524. The lowest BCUT2D eigenvalue weighted by Gasteiger charge is -2.13. The first-order valence-electron chi connectivity index (χ1n) is 8.33. The standard InChI is InChI=1S/C18H17BrN4OS2/c1-11(17(24)20-13-6-4-12(19)5-7-13)26-18-22-21-16(15-3-2-10-25-15)23(18)14-8-9-14/h2-7,10-11,14H,8-9H2,1H3,(H,20,24). The van der Waals surface area contributed by atoms with Crippen LogP contribution in [0, 0.1) is 0 Å². The highest BCUT2D eigenvalue weighted by Gasteiger charge is 2.31. The number of thiophene rings is 1.